The third-order valence-corrected chi connectivity index (χ3v) is 3.44. The molecule has 0 saturated carbocycles. The van der Waals surface area contributed by atoms with Gasteiger partial charge in [0, 0.05) is 0 Å². The fraction of sp³-hybridized carbons (Fsp3) is 0.375. The van der Waals surface area contributed by atoms with Gasteiger partial charge in [-0.15, -0.1) is 5.10 Å². The third kappa shape index (κ3) is 3.97. The molecule has 1 heterocycles. The smallest absolute Gasteiger partial charge is 0.362 e. The zero-order valence-electron chi connectivity index (χ0n) is 12.9. The van der Waals surface area contributed by atoms with Crippen molar-refractivity contribution in [2.75, 3.05) is 5.32 Å². The highest BCUT2D eigenvalue weighted by molar-refractivity contribution is 5.41. The Balaban J connectivity index is 2.28. The minimum Gasteiger partial charge on any atom is -0.362 e. The van der Waals surface area contributed by atoms with Gasteiger partial charge < -0.3 is 5.32 Å². The Kier molecular flexibility index (Phi) is 4.87. The molecule has 0 spiro atoms. The van der Waals surface area contributed by atoms with Crippen molar-refractivity contribution in [3.63, 3.8) is 0 Å². The van der Waals surface area contributed by atoms with Crippen LogP contribution in [-0.2, 0) is 6.18 Å². The first-order valence-electron chi connectivity index (χ1n) is 7.16. The van der Waals surface area contributed by atoms with E-state index in [0.29, 0.717) is 5.82 Å². The van der Waals surface area contributed by atoms with E-state index in [4.69, 9.17) is 0 Å². The van der Waals surface area contributed by atoms with Crippen LogP contribution in [-0.4, -0.2) is 10.2 Å². The number of anilines is 1. The highest BCUT2D eigenvalue weighted by Crippen LogP contribution is 2.37. The topological polar surface area (TPSA) is 37.8 Å². The maximum Gasteiger partial charge on any atom is 0.419 e. The summed E-state index contributed by atoms with van der Waals surface area (Å²) in [5.74, 6) is -0.752. The Bertz CT molecular complexity index is 666. The number of nitrogens with zero attached hydrogens (tertiary/aromatic N) is 2. The number of halogens is 4. The summed E-state index contributed by atoms with van der Waals surface area (Å²) in [7, 11) is 0. The molecule has 3 nitrogen and oxygen atoms in total. The van der Waals surface area contributed by atoms with Crippen LogP contribution in [0.3, 0.4) is 0 Å². The van der Waals surface area contributed by atoms with Gasteiger partial charge in [-0.25, -0.2) is 4.39 Å². The molecule has 7 heteroatoms. The first-order chi connectivity index (χ1) is 10.7. The minimum atomic E-state index is -4.76. The van der Waals surface area contributed by atoms with Gasteiger partial charge in [0.2, 0.25) is 0 Å². The molecule has 0 fully saturated rings. The lowest BCUT2D eigenvalue weighted by molar-refractivity contribution is -0.140. The first kappa shape index (κ1) is 17.2. The SMILES string of the molecule is CC(C)c1ccc(N[C@@H](C)c2cccc(F)c2C(F)(F)F)nn1. The Morgan fingerprint density at radius 3 is 2.22 bits per heavy atom. The molecule has 0 amide bonds. The van der Waals surface area contributed by atoms with Gasteiger partial charge in [-0.05, 0) is 36.6 Å². The molecular weight excluding hydrogens is 310 g/mol. The Labute approximate surface area is 131 Å². The quantitative estimate of drug-likeness (QED) is 0.809. The summed E-state index contributed by atoms with van der Waals surface area (Å²) in [6.07, 6.45) is -4.76. The second-order valence-corrected chi connectivity index (χ2v) is 5.57. The lowest BCUT2D eigenvalue weighted by atomic mass is 10.0. The molecule has 1 atom stereocenters. The zero-order valence-corrected chi connectivity index (χ0v) is 12.9. The van der Waals surface area contributed by atoms with E-state index in [-0.39, 0.29) is 11.5 Å². The summed E-state index contributed by atoms with van der Waals surface area (Å²) in [5.41, 5.74) is -0.649. The number of aromatic nitrogens is 2. The maximum atomic E-state index is 13.6. The van der Waals surface area contributed by atoms with Gasteiger partial charge in [0.15, 0.2) is 0 Å². The number of hydrogen-bond donors (Lipinski definition) is 1. The van der Waals surface area contributed by atoms with E-state index >= 15 is 0 Å². The van der Waals surface area contributed by atoms with Crippen LogP contribution in [0.4, 0.5) is 23.4 Å². The molecule has 1 aromatic carbocycles. The summed E-state index contributed by atoms with van der Waals surface area (Å²) >= 11 is 0. The third-order valence-electron chi connectivity index (χ3n) is 3.44. The molecule has 2 rings (SSSR count). The fourth-order valence-electron chi connectivity index (χ4n) is 2.23. The molecule has 0 radical (unpaired) electrons. The van der Waals surface area contributed by atoms with E-state index in [1.807, 2.05) is 13.8 Å². The number of nitrogens with one attached hydrogen (secondary N) is 1. The molecule has 0 aliphatic rings. The Hall–Kier alpha value is -2.18. The molecule has 0 saturated heterocycles. The van der Waals surface area contributed by atoms with Crippen molar-refractivity contribution < 1.29 is 17.6 Å². The summed E-state index contributed by atoms with van der Waals surface area (Å²) < 4.78 is 52.8. The monoisotopic (exact) mass is 327 g/mol. The zero-order chi connectivity index (χ0) is 17.2. The number of alkyl halides is 3. The van der Waals surface area contributed by atoms with Crippen molar-refractivity contribution in [2.24, 2.45) is 0 Å². The second-order valence-electron chi connectivity index (χ2n) is 5.57. The van der Waals surface area contributed by atoms with Crippen LogP contribution in [0, 0.1) is 5.82 Å². The number of hydrogen-bond acceptors (Lipinski definition) is 3. The lowest BCUT2D eigenvalue weighted by Crippen LogP contribution is -2.17. The van der Waals surface area contributed by atoms with E-state index in [2.05, 4.69) is 15.5 Å². The average Bonchev–Trinajstić information content (AvgIpc) is 2.46. The molecule has 1 aromatic heterocycles. The van der Waals surface area contributed by atoms with E-state index < -0.39 is 23.6 Å². The van der Waals surface area contributed by atoms with Crippen LogP contribution in [0.2, 0.25) is 0 Å². The highest BCUT2D eigenvalue weighted by atomic mass is 19.4. The fourth-order valence-corrected chi connectivity index (χ4v) is 2.23. The van der Waals surface area contributed by atoms with Crippen molar-refractivity contribution in [1.29, 1.82) is 0 Å². The van der Waals surface area contributed by atoms with E-state index in [1.165, 1.54) is 19.1 Å². The molecule has 2 aromatic rings. The van der Waals surface area contributed by atoms with Gasteiger partial charge in [0.1, 0.15) is 11.6 Å². The average molecular weight is 327 g/mol. The van der Waals surface area contributed by atoms with Crippen LogP contribution in [0.1, 0.15) is 49.6 Å². The van der Waals surface area contributed by atoms with Crippen molar-refractivity contribution in [3.05, 3.63) is 53.0 Å². The second kappa shape index (κ2) is 6.52. The van der Waals surface area contributed by atoms with Crippen LogP contribution < -0.4 is 5.32 Å². The van der Waals surface area contributed by atoms with Crippen molar-refractivity contribution in [1.82, 2.24) is 10.2 Å². The largest absolute Gasteiger partial charge is 0.419 e. The molecule has 23 heavy (non-hydrogen) atoms. The molecule has 0 aliphatic heterocycles. The van der Waals surface area contributed by atoms with Crippen molar-refractivity contribution >= 4 is 5.82 Å². The van der Waals surface area contributed by atoms with Gasteiger partial charge in [-0.3, -0.25) is 0 Å². The van der Waals surface area contributed by atoms with Crippen LogP contribution >= 0.6 is 0 Å². The Morgan fingerprint density at radius 2 is 1.70 bits per heavy atom. The van der Waals surface area contributed by atoms with Gasteiger partial charge >= 0.3 is 6.18 Å². The number of benzene rings is 1. The van der Waals surface area contributed by atoms with Crippen molar-refractivity contribution in [3.8, 4) is 0 Å². The van der Waals surface area contributed by atoms with Crippen LogP contribution in [0.15, 0.2) is 30.3 Å². The summed E-state index contributed by atoms with van der Waals surface area (Å²) in [6.45, 7) is 5.44. The summed E-state index contributed by atoms with van der Waals surface area (Å²) in [5, 5.41) is 10.8. The van der Waals surface area contributed by atoms with Gasteiger partial charge in [0.05, 0.1) is 17.3 Å². The van der Waals surface area contributed by atoms with Crippen LogP contribution in [0.25, 0.3) is 0 Å². The summed E-state index contributed by atoms with van der Waals surface area (Å²) in [4.78, 5) is 0. The van der Waals surface area contributed by atoms with E-state index in [1.54, 1.807) is 12.1 Å². The molecule has 124 valence electrons. The van der Waals surface area contributed by atoms with E-state index in [0.717, 1.165) is 11.8 Å². The predicted molar refractivity (Wildman–Crippen MR) is 79.6 cm³/mol. The van der Waals surface area contributed by atoms with Gasteiger partial charge in [-0.1, -0.05) is 26.0 Å². The first-order valence-corrected chi connectivity index (χ1v) is 7.16. The van der Waals surface area contributed by atoms with Crippen molar-refractivity contribution in [2.45, 2.75) is 38.9 Å². The lowest BCUT2D eigenvalue weighted by Gasteiger charge is -2.20. The molecule has 1 N–H and O–H groups in total. The highest BCUT2D eigenvalue weighted by Gasteiger charge is 2.37. The van der Waals surface area contributed by atoms with Crippen LogP contribution in [0.5, 0.6) is 0 Å². The standard InChI is InChI=1S/C16H17F4N3/c1-9(2)13-7-8-14(23-22-13)21-10(3)11-5-4-6-12(17)15(11)16(18,19)20/h4-10H,1-3H3,(H,21,23)/t10-/m0/s1. The van der Waals surface area contributed by atoms with Gasteiger partial charge in [-0.2, -0.15) is 18.3 Å². The maximum absolute atomic E-state index is 13.6. The molecular formula is C16H17F4N3. The molecule has 0 aliphatic carbocycles. The Morgan fingerprint density at radius 1 is 1.00 bits per heavy atom. The minimum absolute atomic E-state index is 0.174. The molecule has 0 unspecified atom stereocenters. The predicted octanol–water partition coefficient (Wildman–Crippen LogP) is 4.93. The van der Waals surface area contributed by atoms with E-state index in [9.17, 15) is 17.6 Å². The normalized spacial score (nSPS) is 13.2. The van der Waals surface area contributed by atoms with Gasteiger partial charge in [0.25, 0.3) is 0 Å². The number of rotatable bonds is 4. The molecule has 0 bridgehead atoms. The summed E-state index contributed by atoms with van der Waals surface area (Å²) in [6, 6.07) is 5.93.